The van der Waals surface area contributed by atoms with Crippen LogP contribution in [0.1, 0.15) is 47.6 Å². The molecule has 0 bridgehead atoms. The van der Waals surface area contributed by atoms with Gasteiger partial charge in [0.15, 0.2) is 0 Å². The summed E-state index contributed by atoms with van der Waals surface area (Å²) in [4.78, 5) is 30.2. The molecule has 0 unspecified atom stereocenters. The summed E-state index contributed by atoms with van der Waals surface area (Å²) in [5.41, 5.74) is 5.78. The van der Waals surface area contributed by atoms with Gasteiger partial charge in [-0.2, -0.15) is 0 Å². The van der Waals surface area contributed by atoms with Crippen molar-refractivity contribution in [1.82, 2.24) is 9.88 Å². The third-order valence-electron chi connectivity index (χ3n) is 5.73. The molecule has 0 saturated carbocycles. The minimum Gasteiger partial charge on any atom is -0.493 e. The molecule has 0 aliphatic carbocycles. The lowest BCUT2D eigenvalue weighted by molar-refractivity contribution is -0.132. The summed E-state index contributed by atoms with van der Waals surface area (Å²) in [5.74, 6) is 0.971. The number of nitrogens with zero attached hydrogens (tertiary/aromatic N) is 1. The zero-order valence-electron chi connectivity index (χ0n) is 17.9. The van der Waals surface area contributed by atoms with Crippen molar-refractivity contribution in [2.45, 2.75) is 53.1 Å². The largest absolute Gasteiger partial charge is 0.493 e. The molecule has 0 radical (unpaired) electrons. The van der Waals surface area contributed by atoms with Gasteiger partial charge in [0.1, 0.15) is 5.75 Å². The van der Waals surface area contributed by atoms with Crippen LogP contribution >= 0.6 is 0 Å². The van der Waals surface area contributed by atoms with E-state index in [1.807, 2.05) is 39.0 Å². The molecule has 30 heavy (non-hydrogen) atoms. The summed E-state index contributed by atoms with van der Waals surface area (Å²) in [6, 6.07) is 12.2. The third kappa shape index (κ3) is 4.11. The second-order valence-electron chi connectivity index (χ2n) is 8.17. The first-order valence-corrected chi connectivity index (χ1v) is 10.6. The van der Waals surface area contributed by atoms with Gasteiger partial charge < -0.3 is 14.6 Å². The van der Waals surface area contributed by atoms with Gasteiger partial charge in [0.05, 0.1) is 18.7 Å². The molecule has 1 aromatic heterocycles. The fourth-order valence-corrected chi connectivity index (χ4v) is 4.24. The van der Waals surface area contributed by atoms with Crippen molar-refractivity contribution in [3.63, 3.8) is 0 Å². The fourth-order valence-electron chi connectivity index (χ4n) is 4.24. The maximum absolute atomic E-state index is 12.8. The highest BCUT2D eigenvalue weighted by Gasteiger charge is 2.17. The number of aryl methyl sites for hydroxylation is 3. The zero-order valence-corrected chi connectivity index (χ0v) is 17.9. The van der Waals surface area contributed by atoms with Gasteiger partial charge >= 0.3 is 0 Å². The molecule has 0 spiro atoms. The van der Waals surface area contributed by atoms with Gasteiger partial charge in [0.25, 0.3) is 5.56 Å². The van der Waals surface area contributed by atoms with E-state index in [1.165, 1.54) is 5.56 Å². The van der Waals surface area contributed by atoms with Crippen LogP contribution in [0.25, 0.3) is 10.9 Å². The number of ether oxygens (including phenoxy) is 1. The number of carbonyl (C=O) groups is 1. The molecule has 2 heterocycles. The molecule has 0 fully saturated rings. The summed E-state index contributed by atoms with van der Waals surface area (Å²) < 4.78 is 5.70. The predicted octanol–water partition coefficient (Wildman–Crippen LogP) is 4.41. The number of aromatic amines is 1. The average Bonchev–Trinajstić information content (AvgIpc) is 2.73. The molecule has 1 N–H and O–H groups in total. The molecule has 3 aromatic rings. The maximum Gasteiger partial charge on any atom is 0.253 e. The van der Waals surface area contributed by atoms with E-state index in [2.05, 4.69) is 23.2 Å². The average molecular weight is 405 g/mol. The van der Waals surface area contributed by atoms with E-state index in [9.17, 15) is 9.59 Å². The SMILES string of the molecule is CCC(=O)N(Cc1ccc2c(c1)CCCO2)Cc1cc2cc(C)cc(C)c2[nH]c1=O. The van der Waals surface area contributed by atoms with Crippen LogP contribution in [-0.4, -0.2) is 22.4 Å². The number of amides is 1. The summed E-state index contributed by atoms with van der Waals surface area (Å²) in [7, 11) is 0. The second kappa shape index (κ2) is 8.34. The first-order valence-electron chi connectivity index (χ1n) is 10.6. The van der Waals surface area contributed by atoms with Gasteiger partial charge in [0, 0.05) is 18.5 Å². The Morgan fingerprint density at radius 2 is 1.97 bits per heavy atom. The molecular formula is C25H28N2O3. The van der Waals surface area contributed by atoms with Crippen LogP contribution in [0.4, 0.5) is 0 Å². The first kappa shape index (κ1) is 20.2. The lowest BCUT2D eigenvalue weighted by Gasteiger charge is -2.24. The van der Waals surface area contributed by atoms with Gasteiger partial charge in [-0.05, 0) is 67.0 Å². The monoisotopic (exact) mass is 404 g/mol. The van der Waals surface area contributed by atoms with E-state index >= 15 is 0 Å². The van der Waals surface area contributed by atoms with Crippen molar-refractivity contribution in [3.05, 3.63) is 74.6 Å². The van der Waals surface area contributed by atoms with Gasteiger partial charge in [-0.3, -0.25) is 9.59 Å². The Kier molecular flexibility index (Phi) is 5.62. The Labute approximate surface area is 176 Å². The first-order chi connectivity index (χ1) is 14.4. The van der Waals surface area contributed by atoms with E-state index in [4.69, 9.17) is 4.74 Å². The van der Waals surface area contributed by atoms with Crippen LogP contribution in [0.15, 0.2) is 41.2 Å². The van der Waals surface area contributed by atoms with E-state index in [0.29, 0.717) is 25.1 Å². The van der Waals surface area contributed by atoms with Crippen LogP contribution in [0.3, 0.4) is 0 Å². The third-order valence-corrected chi connectivity index (χ3v) is 5.73. The molecular weight excluding hydrogens is 376 g/mol. The molecule has 2 aromatic carbocycles. The molecule has 1 amide bonds. The Balaban J connectivity index is 1.64. The minimum absolute atomic E-state index is 0.0314. The molecule has 5 heteroatoms. The highest BCUT2D eigenvalue weighted by Crippen LogP contribution is 2.26. The van der Waals surface area contributed by atoms with Crippen molar-refractivity contribution in [2.24, 2.45) is 0 Å². The maximum atomic E-state index is 12.8. The number of benzene rings is 2. The van der Waals surface area contributed by atoms with Gasteiger partial charge in [-0.1, -0.05) is 30.7 Å². The van der Waals surface area contributed by atoms with Crippen molar-refractivity contribution in [1.29, 1.82) is 0 Å². The number of H-pyrrole nitrogens is 1. The van der Waals surface area contributed by atoms with Crippen LogP contribution < -0.4 is 10.3 Å². The summed E-state index contributed by atoms with van der Waals surface area (Å²) in [6.07, 6.45) is 2.41. The topological polar surface area (TPSA) is 62.4 Å². The Bertz CT molecular complexity index is 1160. The van der Waals surface area contributed by atoms with Crippen molar-refractivity contribution >= 4 is 16.8 Å². The highest BCUT2D eigenvalue weighted by molar-refractivity contribution is 5.83. The highest BCUT2D eigenvalue weighted by atomic mass is 16.5. The number of pyridine rings is 1. The number of nitrogens with one attached hydrogen (secondary N) is 1. The number of carbonyl (C=O) groups excluding carboxylic acids is 1. The number of hydrogen-bond acceptors (Lipinski definition) is 3. The molecule has 1 aliphatic heterocycles. The Morgan fingerprint density at radius 3 is 2.77 bits per heavy atom. The molecule has 156 valence electrons. The summed E-state index contributed by atoms with van der Waals surface area (Å²) in [6.45, 7) is 7.42. The summed E-state index contributed by atoms with van der Waals surface area (Å²) in [5, 5.41) is 0.997. The smallest absolute Gasteiger partial charge is 0.253 e. The van der Waals surface area contributed by atoms with Crippen LogP contribution in [0, 0.1) is 13.8 Å². The van der Waals surface area contributed by atoms with E-state index in [-0.39, 0.29) is 11.5 Å². The zero-order chi connectivity index (χ0) is 21.3. The molecule has 1 aliphatic rings. The lowest BCUT2D eigenvalue weighted by atomic mass is 10.0. The van der Waals surface area contributed by atoms with E-state index in [1.54, 1.807) is 4.90 Å². The van der Waals surface area contributed by atoms with Crippen LogP contribution in [0.2, 0.25) is 0 Å². The Morgan fingerprint density at radius 1 is 1.13 bits per heavy atom. The number of aromatic nitrogens is 1. The quantitative estimate of drug-likeness (QED) is 0.685. The molecule has 0 atom stereocenters. The van der Waals surface area contributed by atoms with E-state index < -0.39 is 0 Å². The molecule has 4 rings (SSSR count). The van der Waals surface area contributed by atoms with Crippen molar-refractivity contribution < 1.29 is 9.53 Å². The van der Waals surface area contributed by atoms with Gasteiger partial charge in [-0.15, -0.1) is 0 Å². The summed E-state index contributed by atoms with van der Waals surface area (Å²) >= 11 is 0. The molecule has 5 nitrogen and oxygen atoms in total. The van der Waals surface area contributed by atoms with Crippen LogP contribution in [0.5, 0.6) is 5.75 Å². The second-order valence-corrected chi connectivity index (χ2v) is 8.17. The lowest BCUT2D eigenvalue weighted by Crippen LogP contribution is -2.32. The Hall–Kier alpha value is -3.08. The predicted molar refractivity (Wildman–Crippen MR) is 119 cm³/mol. The number of hydrogen-bond donors (Lipinski definition) is 1. The van der Waals surface area contributed by atoms with Crippen LogP contribution in [-0.2, 0) is 24.3 Å². The van der Waals surface area contributed by atoms with Crippen molar-refractivity contribution in [3.8, 4) is 5.75 Å². The van der Waals surface area contributed by atoms with E-state index in [0.717, 1.165) is 52.8 Å². The van der Waals surface area contributed by atoms with Gasteiger partial charge in [0.2, 0.25) is 5.91 Å². The van der Waals surface area contributed by atoms with Crippen molar-refractivity contribution in [2.75, 3.05) is 6.61 Å². The van der Waals surface area contributed by atoms with Gasteiger partial charge in [-0.25, -0.2) is 0 Å². The fraction of sp³-hybridized carbons (Fsp3) is 0.360. The molecule has 0 saturated heterocycles. The minimum atomic E-state index is -0.137. The normalized spacial score (nSPS) is 13.0. The number of fused-ring (bicyclic) bond motifs is 2. The standard InChI is InChI=1S/C25H28N2O3/c1-4-23(28)27(14-18-7-8-22-19(12-18)6-5-9-30-22)15-21-13-20-11-16(2)10-17(3)24(20)26-25(21)29/h7-8,10-13H,4-6,9,14-15H2,1-3H3,(H,26,29). The number of rotatable bonds is 5.